The van der Waals surface area contributed by atoms with Gasteiger partial charge in [-0.1, -0.05) is 43.2 Å². The summed E-state index contributed by atoms with van der Waals surface area (Å²) in [5.74, 6) is -0.299. The van der Waals surface area contributed by atoms with Crippen LogP contribution in [0.1, 0.15) is 44.6 Å². The Balaban J connectivity index is 1.76. The van der Waals surface area contributed by atoms with Crippen molar-refractivity contribution in [2.75, 3.05) is 6.61 Å². The van der Waals surface area contributed by atoms with Crippen molar-refractivity contribution >= 4 is 5.97 Å². The maximum Gasteiger partial charge on any atom is 0.323 e. The van der Waals surface area contributed by atoms with Crippen molar-refractivity contribution in [1.29, 1.82) is 0 Å². The van der Waals surface area contributed by atoms with Crippen LogP contribution in [-0.4, -0.2) is 30.8 Å². The molecule has 1 aromatic rings. The van der Waals surface area contributed by atoms with E-state index in [0.717, 1.165) is 32.1 Å². The van der Waals surface area contributed by atoms with E-state index in [-0.39, 0.29) is 18.2 Å². The number of esters is 1. The van der Waals surface area contributed by atoms with Gasteiger partial charge in [-0.2, -0.15) is 0 Å². The molecule has 22 heavy (non-hydrogen) atoms. The number of rotatable bonds is 5. The minimum absolute atomic E-state index is 0.0231. The topological polar surface area (TPSA) is 61.5 Å². The summed E-state index contributed by atoms with van der Waals surface area (Å²) < 4.78 is 11.4. The minimum Gasteiger partial charge on any atom is -0.459 e. The van der Waals surface area contributed by atoms with Crippen molar-refractivity contribution in [3.8, 4) is 0 Å². The molecule has 1 aliphatic rings. The third-order valence-corrected chi connectivity index (χ3v) is 4.17. The zero-order chi connectivity index (χ0) is 15.8. The molecular weight excluding hydrogens is 278 g/mol. The Bertz CT molecular complexity index is 449. The lowest BCUT2D eigenvalue weighted by atomic mass is 10.1. The van der Waals surface area contributed by atoms with Crippen molar-refractivity contribution < 1.29 is 14.3 Å². The highest BCUT2D eigenvalue weighted by Crippen LogP contribution is 2.18. The predicted molar refractivity (Wildman–Crippen MR) is 86.5 cm³/mol. The van der Waals surface area contributed by atoms with Gasteiger partial charge in [0.1, 0.15) is 12.1 Å². The maximum absolute atomic E-state index is 11.8. The lowest BCUT2D eigenvalue weighted by Crippen LogP contribution is -2.37. The van der Waals surface area contributed by atoms with Crippen molar-refractivity contribution in [2.45, 2.75) is 63.7 Å². The fourth-order valence-corrected chi connectivity index (χ4v) is 2.78. The molecule has 0 bridgehead atoms. The first-order valence-electron chi connectivity index (χ1n) is 8.28. The molecule has 1 fully saturated rings. The summed E-state index contributed by atoms with van der Waals surface area (Å²) in [5, 5.41) is 0. The Labute approximate surface area is 133 Å². The summed E-state index contributed by atoms with van der Waals surface area (Å²) in [6.07, 6.45) is 5.33. The zero-order valence-corrected chi connectivity index (χ0v) is 13.4. The summed E-state index contributed by atoms with van der Waals surface area (Å²) in [5.41, 5.74) is 7.12. The third-order valence-electron chi connectivity index (χ3n) is 4.17. The monoisotopic (exact) mass is 305 g/mol. The first kappa shape index (κ1) is 17.0. The molecule has 4 heteroatoms. The first-order chi connectivity index (χ1) is 10.7. The van der Waals surface area contributed by atoms with Crippen LogP contribution in [0, 0.1) is 0 Å². The minimum atomic E-state index is -0.487. The van der Waals surface area contributed by atoms with Gasteiger partial charge in [0.05, 0.1) is 6.10 Å². The van der Waals surface area contributed by atoms with E-state index in [2.05, 4.69) is 24.3 Å². The number of hydrogen-bond acceptors (Lipinski definition) is 4. The molecule has 4 nitrogen and oxygen atoms in total. The van der Waals surface area contributed by atoms with Gasteiger partial charge in [-0.15, -0.1) is 0 Å². The molecule has 2 N–H and O–H groups in total. The second-order valence-corrected chi connectivity index (χ2v) is 6.03. The van der Waals surface area contributed by atoms with Crippen molar-refractivity contribution in [2.24, 2.45) is 5.73 Å². The number of ether oxygens (including phenoxy) is 2. The highest BCUT2D eigenvalue weighted by atomic mass is 16.6. The van der Waals surface area contributed by atoms with Gasteiger partial charge >= 0.3 is 5.97 Å². The standard InChI is InChI=1S/C18H27NO3/c1-14-17(12-6-5-11-16(19)18(20)22-14)21-13-7-10-15-8-3-2-4-9-15/h2-4,8-9,14,16-17H,5-7,10-13,19H2,1H3/t14-,16-,17+/m0/s1. The molecule has 0 saturated carbocycles. The molecule has 0 aromatic heterocycles. The van der Waals surface area contributed by atoms with Crippen molar-refractivity contribution in [3.63, 3.8) is 0 Å². The van der Waals surface area contributed by atoms with Gasteiger partial charge in [0.15, 0.2) is 0 Å². The number of benzene rings is 1. The molecule has 1 aliphatic heterocycles. The number of nitrogens with two attached hydrogens (primary N) is 1. The zero-order valence-electron chi connectivity index (χ0n) is 13.4. The van der Waals surface area contributed by atoms with Crippen LogP contribution in [0.2, 0.25) is 0 Å². The molecule has 122 valence electrons. The van der Waals surface area contributed by atoms with Crippen LogP contribution in [0.4, 0.5) is 0 Å². The summed E-state index contributed by atoms with van der Waals surface area (Å²) in [6, 6.07) is 9.91. The molecule has 1 aromatic carbocycles. The van der Waals surface area contributed by atoms with E-state index in [4.69, 9.17) is 15.2 Å². The lowest BCUT2D eigenvalue weighted by Gasteiger charge is -2.24. The Hall–Kier alpha value is -1.39. The fourth-order valence-electron chi connectivity index (χ4n) is 2.78. The summed E-state index contributed by atoms with van der Waals surface area (Å²) in [7, 11) is 0. The molecule has 0 spiro atoms. The fraction of sp³-hybridized carbons (Fsp3) is 0.611. The van der Waals surface area contributed by atoms with Gasteiger partial charge in [0.25, 0.3) is 0 Å². The predicted octanol–water partition coefficient (Wildman–Crippen LogP) is 2.84. The highest BCUT2D eigenvalue weighted by Gasteiger charge is 2.26. The van der Waals surface area contributed by atoms with E-state index in [1.54, 1.807) is 0 Å². The highest BCUT2D eigenvalue weighted by molar-refractivity contribution is 5.75. The second-order valence-electron chi connectivity index (χ2n) is 6.03. The van der Waals surface area contributed by atoms with Gasteiger partial charge in [-0.3, -0.25) is 4.79 Å². The lowest BCUT2D eigenvalue weighted by molar-refractivity contribution is -0.157. The number of cyclic esters (lactones) is 1. The average molecular weight is 305 g/mol. The van der Waals surface area contributed by atoms with Crippen molar-refractivity contribution in [1.82, 2.24) is 0 Å². The number of carbonyl (C=O) groups excluding carboxylic acids is 1. The van der Waals surface area contributed by atoms with Crippen LogP contribution < -0.4 is 5.73 Å². The van der Waals surface area contributed by atoms with Gasteiger partial charge in [-0.25, -0.2) is 0 Å². The normalized spacial score (nSPS) is 26.6. The quantitative estimate of drug-likeness (QED) is 0.671. The molecule has 1 saturated heterocycles. The van der Waals surface area contributed by atoms with Gasteiger partial charge in [-0.05, 0) is 38.2 Å². The van der Waals surface area contributed by atoms with Crippen LogP contribution in [0.25, 0.3) is 0 Å². The third kappa shape index (κ3) is 5.43. The van der Waals surface area contributed by atoms with E-state index < -0.39 is 6.04 Å². The van der Waals surface area contributed by atoms with Crippen LogP contribution in [0.5, 0.6) is 0 Å². The van der Waals surface area contributed by atoms with Gasteiger partial charge in [0, 0.05) is 6.61 Å². The molecule has 0 radical (unpaired) electrons. The van der Waals surface area contributed by atoms with Crippen LogP contribution in [0.15, 0.2) is 30.3 Å². The van der Waals surface area contributed by atoms with E-state index in [0.29, 0.717) is 13.0 Å². The Morgan fingerprint density at radius 1 is 1.23 bits per heavy atom. The van der Waals surface area contributed by atoms with Gasteiger partial charge < -0.3 is 15.2 Å². The van der Waals surface area contributed by atoms with E-state index in [1.807, 2.05) is 13.0 Å². The number of aryl methyl sites for hydroxylation is 1. The summed E-state index contributed by atoms with van der Waals surface area (Å²) in [6.45, 7) is 2.59. The largest absolute Gasteiger partial charge is 0.459 e. The van der Waals surface area contributed by atoms with Crippen molar-refractivity contribution in [3.05, 3.63) is 35.9 Å². The summed E-state index contributed by atoms with van der Waals surface area (Å²) >= 11 is 0. The molecule has 0 aliphatic carbocycles. The van der Waals surface area contributed by atoms with Crippen LogP contribution in [-0.2, 0) is 20.7 Å². The Morgan fingerprint density at radius 2 is 1.95 bits per heavy atom. The average Bonchev–Trinajstić information content (AvgIpc) is 2.58. The maximum atomic E-state index is 11.8. The van der Waals surface area contributed by atoms with Crippen LogP contribution in [0.3, 0.4) is 0 Å². The molecule has 1 heterocycles. The van der Waals surface area contributed by atoms with Gasteiger partial charge in [0.2, 0.25) is 0 Å². The van der Waals surface area contributed by atoms with Crippen LogP contribution >= 0.6 is 0 Å². The Morgan fingerprint density at radius 3 is 2.73 bits per heavy atom. The molecule has 0 amide bonds. The molecule has 0 unspecified atom stereocenters. The second kappa shape index (κ2) is 8.91. The van der Waals surface area contributed by atoms with E-state index in [1.165, 1.54) is 5.56 Å². The molecular formula is C18H27NO3. The number of carbonyl (C=O) groups is 1. The molecule has 2 rings (SSSR count). The first-order valence-corrected chi connectivity index (χ1v) is 8.28. The van der Waals surface area contributed by atoms with E-state index >= 15 is 0 Å². The SMILES string of the molecule is C[C@@H]1OC(=O)[C@@H](N)CCCC[C@H]1OCCCc1ccccc1. The van der Waals surface area contributed by atoms with E-state index in [9.17, 15) is 4.79 Å². The smallest absolute Gasteiger partial charge is 0.323 e. The molecule has 3 atom stereocenters. The summed E-state index contributed by atoms with van der Waals surface area (Å²) in [4.78, 5) is 11.8. The Kier molecular flexibility index (Phi) is 6.87. The number of hydrogen-bond donors (Lipinski definition) is 1.